The minimum atomic E-state index is -0.951. The second-order valence-electron chi connectivity index (χ2n) is 5.48. The largest absolute Gasteiger partial charge is 0.206 e. The Morgan fingerprint density at radius 1 is 0.833 bits per heavy atom. The van der Waals surface area contributed by atoms with E-state index in [0.717, 1.165) is 43.4 Å². The number of hydrogen-bond acceptors (Lipinski definition) is 2. The third kappa shape index (κ3) is 5.33. The summed E-state index contributed by atoms with van der Waals surface area (Å²) in [7, 11) is 0. The number of aryl methyl sites for hydroxylation is 1. The van der Waals surface area contributed by atoms with E-state index in [1.807, 2.05) is 6.07 Å². The summed E-state index contributed by atoms with van der Waals surface area (Å²) in [5, 5.41) is 7.46. The normalized spacial score (nSPS) is 11.7. The van der Waals surface area contributed by atoms with Gasteiger partial charge in [-0.2, -0.15) is 10.2 Å². The van der Waals surface area contributed by atoms with Gasteiger partial charge in [0.05, 0.1) is 12.4 Å². The van der Waals surface area contributed by atoms with E-state index < -0.39 is 11.6 Å². The Hall–Kier alpha value is -2.43. The maximum atomic E-state index is 14.0. The molecule has 0 heterocycles. The number of rotatable bonds is 7. The molecule has 0 fully saturated rings. The topological polar surface area (TPSA) is 24.7 Å². The van der Waals surface area contributed by atoms with Gasteiger partial charge in [-0.25, -0.2) is 13.2 Å². The average molecular weight is 332 g/mol. The van der Waals surface area contributed by atoms with E-state index in [-0.39, 0.29) is 5.82 Å². The Labute approximate surface area is 139 Å². The van der Waals surface area contributed by atoms with Crippen molar-refractivity contribution in [1.82, 2.24) is 0 Å². The molecule has 0 aliphatic heterocycles. The van der Waals surface area contributed by atoms with E-state index in [9.17, 15) is 13.2 Å². The number of nitrogens with zero attached hydrogens (tertiary/aromatic N) is 2. The molecule has 0 radical (unpaired) electrons. The molecule has 0 saturated carbocycles. The summed E-state index contributed by atoms with van der Waals surface area (Å²) in [4.78, 5) is 0. The summed E-state index contributed by atoms with van der Waals surface area (Å²) < 4.78 is 39.8. The van der Waals surface area contributed by atoms with Crippen LogP contribution in [-0.2, 0) is 6.42 Å². The maximum absolute atomic E-state index is 14.0. The molecule has 2 aromatic rings. The van der Waals surface area contributed by atoms with Gasteiger partial charge in [-0.1, -0.05) is 38.0 Å². The predicted octanol–water partition coefficient (Wildman–Crippen LogP) is 5.29. The fourth-order valence-corrected chi connectivity index (χ4v) is 2.20. The Balaban J connectivity index is 1.98. The molecule has 24 heavy (non-hydrogen) atoms. The maximum Gasteiger partial charge on any atom is 0.159 e. The van der Waals surface area contributed by atoms with Crippen LogP contribution in [-0.4, -0.2) is 12.4 Å². The summed E-state index contributed by atoms with van der Waals surface area (Å²) in [6.07, 6.45) is 6.72. The number of benzene rings is 2. The first-order valence-electron chi connectivity index (χ1n) is 7.90. The lowest BCUT2D eigenvalue weighted by atomic mass is 10.1. The first-order chi connectivity index (χ1) is 11.6. The third-order valence-electron chi connectivity index (χ3n) is 3.55. The van der Waals surface area contributed by atoms with Crippen LogP contribution in [0.15, 0.2) is 46.6 Å². The zero-order valence-electron chi connectivity index (χ0n) is 13.5. The van der Waals surface area contributed by atoms with Gasteiger partial charge in [0.1, 0.15) is 5.82 Å². The monoisotopic (exact) mass is 332 g/mol. The molecule has 0 spiro atoms. The van der Waals surface area contributed by atoms with Crippen LogP contribution in [0.25, 0.3) is 0 Å². The number of halogens is 3. The van der Waals surface area contributed by atoms with Crippen LogP contribution in [0.4, 0.5) is 13.2 Å². The lowest BCUT2D eigenvalue weighted by Gasteiger charge is -2.02. The fourth-order valence-electron chi connectivity index (χ4n) is 2.20. The van der Waals surface area contributed by atoms with Crippen LogP contribution >= 0.6 is 0 Å². The van der Waals surface area contributed by atoms with E-state index in [0.29, 0.717) is 11.1 Å². The highest BCUT2D eigenvalue weighted by Crippen LogP contribution is 2.12. The number of unbranched alkanes of at least 4 members (excludes halogenated alkanes) is 2. The van der Waals surface area contributed by atoms with Gasteiger partial charge in [0.2, 0.25) is 0 Å². The second kappa shape index (κ2) is 9.01. The van der Waals surface area contributed by atoms with Gasteiger partial charge >= 0.3 is 0 Å². The Kier molecular flexibility index (Phi) is 6.73. The molecule has 2 aromatic carbocycles. The van der Waals surface area contributed by atoms with Gasteiger partial charge in [-0.3, -0.25) is 0 Å². The van der Waals surface area contributed by atoms with Crippen molar-refractivity contribution >= 4 is 12.4 Å². The average Bonchev–Trinajstić information content (AvgIpc) is 2.56. The van der Waals surface area contributed by atoms with Crippen molar-refractivity contribution in [3.8, 4) is 0 Å². The minimum Gasteiger partial charge on any atom is -0.206 e. The van der Waals surface area contributed by atoms with Crippen molar-refractivity contribution in [3.05, 3.63) is 70.5 Å². The highest BCUT2D eigenvalue weighted by molar-refractivity contribution is 5.82. The van der Waals surface area contributed by atoms with Gasteiger partial charge < -0.3 is 0 Å². The lowest BCUT2D eigenvalue weighted by Crippen LogP contribution is -1.92. The summed E-state index contributed by atoms with van der Waals surface area (Å²) in [6, 6.07) is 8.45. The van der Waals surface area contributed by atoms with Gasteiger partial charge in [0, 0.05) is 5.56 Å². The van der Waals surface area contributed by atoms with Gasteiger partial charge in [0.25, 0.3) is 0 Å². The molecule has 0 bridgehead atoms. The highest BCUT2D eigenvalue weighted by atomic mass is 19.2. The minimum absolute atomic E-state index is 0.330. The van der Waals surface area contributed by atoms with Crippen LogP contribution < -0.4 is 0 Å². The molecular formula is C19H19F3N2. The SMILES string of the molecule is CCCCCc1ccc(/C=N/N=C/c2ccc(F)c(F)c2)c(F)c1. The van der Waals surface area contributed by atoms with Crippen LogP contribution in [0.1, 0.15) is 42.9 Å². The first-order valence-corrected chi connectivity index (χ1v) is 7.90. The zero-order chi connectivity index (χ0) is 17.4. The van der Waals surface area contributed by atoms with Crippen molar-refractivity contribution in [2.24, 2.45) is 10.2 Å². The molecular weight excluding hydrogens is 313 g/mol. The van der Waals surface area contributed by atoms with Gasteiger partial charge in [-0.15, -0.1) is 0 Å². The highest BCUT2D eigenvalue weighted by Gasteiger charge is 2.02. The predicted molar refractivity (Wildman–Crippen MR) is 91.2 cm³/mol. The Morgan fingerprint density at radius 3 is 2.33 bits per heavy atom. The van der Waals surface area contributed by atoms with Gasteiger partial charge in [-0.05, 0) is 42.2 Å². The van der Waals surface area contributed by atoms with E-state index in [1.165, 1.54) is 24.6 Å². The zero-order valence-corrected chi connectivity index (χ0v) is 13.5. The molecule has 5 heteroatoms. The molecule has 2 rings (SSSR count). The molecule has 0 aliphatic rings. The molecule has 0 saturated heterocycles. The summed E-state index contributed by atoms with van der Waals surface area (Å²) >= 11 is 0. The third-order valence-corrected chi connectivity index (χ3v) is 3.55. The molecule has 126 valence electrons. The molecule has 0 atom stereocenters. The lowest BCUT2D eigenvalue weighted by molar-refractivity contribution is 0.508. The van der Waals surface area contributed by atoms with E-state index in [4.69, 9.17) is 0 Å². The van der Waals surface area contributed by atoms with Crippen molar-refractivity contribution in [2.45, 2.75) is 32.6 Å². The molecule has 0 aliphatic carbocycles. The van der Waals surface area contributed by atoms with Crippen molar-refractivity contribution in [2.75, 3.05) is 0 Å². The summed E-state index contributed by atoms with van der Waals surface area (Å²) in [6.45, 7) is 2.13. The van der Waals surface area contributed by atoms with Crippen LogP contribution in [0.3, 0.4) is 0 Å². The van der Waals surface area contributed by atoms with Crippen LogP contribution in [0, 0.1) is 17.5 Å². The van der Waals surface area contributed by atoms with Crippen molar-refractivity contribution < 1.29 is 13.2 Å². The summed E-state index contributed by atoms with van der Waals surface area (Å²) in [5.41, 5.74) is 1.66. The van der Waals surface area contributed by atoms with E-state index >= 15 is 0 Å². The van der Waals surface area contributed by atoms with Crippen LogP contribution in [0.5, 0.6) is 0 Å². The smallest absolute Gasteiger partial charge is 0.159 e. The fraction of sp³-hybridized carbons (Fsp3) is 0.263. The Bertz CT molecular complexity index is 739. The molecule has 0 amide bonds. The van der Waals surface area contributed by atoms with Crippen molar-refractivity contribution in [1.29, 1.82) is 0 Å². The van der Waals surface area contributed by atoms with Gasteiger partial charge in [0.15, 0.2) is 11.6 Å². The van der Waals surface area contributed by atoms with E-state index in [2.05, 4.69) is 17.1 Å². The summed E-state index contributed by atoms with van der Waals surface area (Å²) in [5.74, 6) is -2.22. The quantitative estimate of drug-likeness (QED) is 0.374. The Morgan fingerprint density at radius 2 is 1.62 bits per heavy atom. The molecule has 0 N–H and O–H groups in total. The van der Waals surface area contributed by atoms with E-state index in [1.54, 1.807) is 6.07 Å². The molecule has 2 nitrogen and oxygen atoms in total. The first kappa shape index (κ1) is 17.9. The van der Waals surface area contributed by atoms with Crippen LogP contribution in [0.2, 0.25) is 0 Å². The number of hydrogen-bond donors (Lipinski definition) is 0. The van der Waals surface area contributed by atoms with Crippen molar-refractivity contribution in [3.63, 3.8) is 0 Å². The molecule has 0 unspecified atom stereocenters. The standard InChI is InChI=1S/C19H19F3N2/c1-2-3-4-5-14-6-8-16(18(21)10-14)13-24-23-12-15-7-9-17(20)19(22)11-15/h6-13H,2-5H2,1H3/b23-12+,24-13+. The molecule has 0 aromatic heterocycles. The second-order valence-corrected chi connectivity index (χ2v) is 5.48.